The van der Waals surface area contributed by atoms with E-state index in [-0.39, 0.29) is 21.7 Å². The molecule has 0 amide bonds. The molecule has 0 saturated heterocycles. The van der Waals surface area contributed by atoms with Crippen LogP contribution in [0.25, 0.3) is 37.6 Å². The molecule has 5 aromatic rings. The van der Waals surface area contributed by atoms with Crippen LogP contribution >= 0.6 is 27.3 Å². The summed E-state index contributed by atoms with van der Waals surface area (Å²) in [6.45, 7) is 1.69. The lowest BCUT2D eigenvalue weighted by atomic mass is 10.1. The van der Waals surface area contributed by atoms with Gasteiger partial charge in [0.1, 0.15) is 27.2 Å². The molecule has 7 nitrogen and oxygen atoms in total. The number of thiophene rings is 1. The molecule has 0 radical (unpaired) electrons. The average molecular weight is 518 g/mol. The van der Waals surface area contributed by atoms with Crippen molar-refractivity contribution in [3.63, 3.8) is 0 Å². The highest BCUT2D eigenvalue weighted by molar-refractivity contribution is 9.10. The van der Waals surface area contributed by atoms with Gasteiger partial charge in [0.05, 0.1) is 9.99 Å². The Morgan fingerprint density at radius 1 is 1.16 bits per heavy atom. The molecular formula is C17H9BrF5N7S. The number of hydrogen-bond acceptors (Lipinski definition) is 6. The third kappa shape index (κ3) is 2.99. The molecule has 0 spiro atoms. The molecular weight excluding hydrogens is 509 g/mol. The van der Waals surface area contributed by atoms with Gasteiger partial charge in [-0.15, -0.1) is 16.4 Å². The van der Waals surface area contributed by atoms with Gasteiger partial charge < -0.3 is 0 Å². The van der Waals surface area contributed by atoms with E-state index < -0.39 is 18.3 Å². The van der Waals surface area contributed by atoms with Crippen LogP contribution in [0.3, 0.4) is 0 Å². The largest absolute Gasteiger partial charge is 0.434 e. The first-order valence-electron chi connectivity index (χ1n) is 8.59. The summed E-state index contributed by atoms with van der Waals surface area (Å²) in [7, 11) is 1.17. The van der Waals surface area contributed by atoms with Gasteiger partial charge in [-0.2, -0.15) is 18.3 Å². The third-order valence-electron chi connectivity index (χ3n) is 4.68. The first-order chi connectivity index (χ1) is 14.6. The standard InChI is InChI=1S/C17H9BrF5N7S/c1-5-3-6(13(19)20)25-16-7(5)9-11(31-16)15-26-14(28-30(15)4-24-9)10-8(18)12(17(21,22)23)29(2)27-10/h3-4,13H,1-2H3. The molecule has 0 fully saturated rings. The number of rotatable bonds is 2. The fourth-order valence-electron chi connectivity index (χ4n) is 3.40. The van der Waals surface area contributed by atoms with E-state index in [0.29, 0.717) is 36.3 Å². The molecule has 5 rings (SSSR count). The summed E-state index contributed by atoms with van der Waals surface area (Å²) in [4.78, 5) is 13.1. The van der Waals surface area contributed by atoms with Crippen molar-refractivity contribution in [2.24, 2.45) is 7.05 Å². The number of aryl methyl sites for hydroxylation is 2. The lowest BCUT2D eigenvalue weighted by molar-refractivity contribution is -0.144. The molecule has 0 bridgehead atoms. The van der Waals surface area contributed by atoms with Crippen molar-refractivity contribution in [1.29, 1.82) is 0 Å². The smallest absolute Gasteiger partial charge is 0.262 e. The highest BCUT2D eigenvalue weighted by atomic mass is 79.9. The van der Waals surface area contributed by atoms with Gasteiger partial charge in [-0.3, -0.25) is 4.68 Å². The average Bonchev–Trinajstić information content (AvgIpc) is 3.33. The van der Waals surface area contributed by atoms with E-state index >= 15 is 0 Å². The number of nitrogens with zero attached hydrogens (tertiary/aromatic N) is 7. The first kappa shape index (κ1) is 20.2. The summed E-state index contributed by atoms with van der Waals surface area (Å²) in [6.07, 6.45) is -5.98. The summed E-state index contributed by atoms with van der Waals surface area (Å²) in [6, 6.07) is 1.31. The summed E-state index contributed by atoms with van der Waals surface area (Å²) in [5.41, 5.74) is 0.0191. The Bertz CT molecular complexity index is 1500. The van der Waals surface area contributed by atoms with Gasteiger partial charge in [-0.05, 0) is 34.5 Å². The molecule has 5 aromatic heterocycles. The SMILES string of the molecule is Cc1cc(C(F)F)nc2sc3c(ncn4nc(-c5nn(C)c(C(F)(F)F)c5Br)nc34)c12. The molecule has 0 aliphatic rings. The van der Waals surface area contributed by atoms with Crippen LogP contribution in [-0.4, -0.2) is 34.3 Å². The molecule has 0 N–H and O–H groups in total. The summed E-state index contributed by atoms with van der Waals surface area (Å²) in [5, 5.41) is 8.73. The molecule has 160 valence electrons. The summed E-state index contributed by atoms with van der Waals surface area (Å²) < 4.78 is 68.4. The Balaban J connectivity index is 1.76. The topological polar surface area (TPSA) is 73.8 Å². The Kier molecular flexibility index (Phi) is 4.31. The molecule has 0 saturated carbocycles. The number of aromatic nitrogens is 7. The van der Waals surface area contributed by atoms with Gasteiger partial charge in [0, 0.05) is 12.4 Å². The van der Waals surface area contributed by atoms with Gasteiger partial charge in [-0.1, -0.05) is 0 Å². The fraction of sp³-hybridized carbons (Fsp3) is 0.235. The van der Waals surface area contributed by atoms with Gasteiger partial charge >= 0.3 is 6.18 Å². The summed E-state index contributed by atoms with van der Waals surface area (Å²) >= 11 is 4.07. The maximum Gasteiger partial charge on any atom is 0.434 e. The zero-order valence-electron chi connectivity index (χ0n) is 15.5. The van der Waals surface area contributed by atoms with Gasteiger partial charge in [0.25, 0.3) is 6.43 Å². The van der Waals surface area contributed by atoms with Crippen LogP contribution in [0.1, 0.15) is 23.4 Å². The van der Waals surface area contributed by atoms with Crippen LogP contribution < -0.4 is 0 Å². The number of alkyl halides is 5. The maximum atomic E-state index is 13.3. The Hall–Kier alpha value is -2.74. The van der Waals surface area contributed by atoms with Gasteiger partial charge in [0.15, 0.2) is 11.3 Å². The maximum absolute atomic E-state index is 13.3. The van der Waals surface area contributed by atoms with E-state index in [9.17, 15) is 22.0 Å². The summed E-state index contributed by atoms with van der Waals surface area (Å²) in [5.74, 6) is -0.0392. The van der Waals surface area contributed by atoms with E-state index in [4.69, 9.17) is 0 Å². The van der Waals surface area contributed by atoms with Gasteiger partial charge in [0.2, 0.25) is 5.82 Å². The van der Waals surface area contributed by atoms with E-state index in [1.807, 2.05) is 0 Å². The molecule has 0 atom stereocenters. The highest BCUT2D eigenvalue weighted by Crippen LogP contribution is 2.40. The number of pyridine rings is 1. The number of fused-ring (bicyclic) bond motifs is 5. The van der Waals surface area contributed by atoms with E-state index in [0.717, 1.165) is 11.3 Å². The van der Waals surface area contributed by atoms with Crippen LogP contribution in [0.4, 0.5) is 22.0 Å². The number of hydrogen-bond donors (Lipinski definition) is 0. The predicted molar refractivity (Wildman–Crippen MR) is 106 cm³/mol. The predicted octanol–water partition coefficient (Wildman–Crippen LogP) is 5.32. The monoisotopic (exact) mass is 517 g/mol. The number of halogens is 6. The van der Waals surface area contributed by atoms with Crippen LogP contribution in [0.15, 0.2) is 16.9 Å². The van der Waals surface area contributed by atoms with Crippen molar-refractivity contribution in [2.45, 2.75) is 19.5 Å². The van der Waals surface area contributed by atoms with E-state index in [1.54, 1.807) is 6.92 Å². The van der Waals surface area contributed by atoms with Crippen molar-refractivity contribution in [1.82, 2.24) is 34.3 Å². The fourth-order valence-corrected chi connectivity index (χ4v) is 5.32. The van der Waals surface area contributed by atoms with Gasteiger partial charge in [-0.25, -0.2) is 28.2 Å². The minimum absolute atomic E-state index is 0.0392. The molecule has 0 aromatic carbocycles. The molecule has 14 heteroatoms. The second-order valence-electron chi connectivity index (χ2n) is 6.71. The molecule has 5 heterocycles. The third-order valence-corrected chi connectivity index (χ3v) is 6.50. The van der Waals surface area contributed by atoms with Crippen molar-refractivity contribution < 1.29 is 22.0 Å². The van der Waals surface area contributed by atoms with Crippen LogP contribution in [-0.2, 0) is 13.2 Å². The van der Waals surface area contributed by atoms with Crippen LogP contribution in [0.2, 0.25) is 0 Å². The van der Waals surface area contributed by atoms with Crippen molar-refractivity contribution in [3.05, 3.63) is 33.8 Å². The second-order valence-corrected chi connectivity index (χ2v) is 8.50. The minimum atomic E-state index is -4.62. The van der Waals surface area contributed by atoms with Crippen LogP contribution in [0, 0.1) is 6.92 Å². The molecule has 0 unspecified atom stereocenters. The normalized spacial score (nSPS) is 12.8. The van der Waals surface area contributed by atoms with Crippen molar-refractivity contribution in [2.75, 3.05) is 0 Å². The van der Waals surface area contributed by atoms with Crippen molar-refractivity contribution in [3.8, 4) is 11.5 Å². The molecule has 0 aliphatic carbocycles. The quantitative estimate of drug-likeness (QED) is 0.296. The van der Waals surface area contributed by atoms with E-state index in [1.165, 1.54) is 24.0 Å². The zero-order valence-corrected chi connectivity index (χ0v) is 17.9. The van der Waals surface area contributed by atoms with Crippen molar-refractivity contribution >= 4 is 53.3 Å². The Morgan fingerprint density at radius 2 is 1.90 bits per heavy atom. The molecule has 0 aliphatic heterocycles. The highest BCUT2D eigenvalue weighted by Gasteiger charge is 2.39. The van der Waals surface area contributed by atoms with E-state index in [2.05, 4.69) is 41.1 Å². The zero-order chi connectivity index (χ0) is 22.2. The first-order valence-corrected chi connectivity index (χ1v) is 10.2. The Labute approximate surface area is 181 Å². The molecule has 31 heavy (non-hydrogen) atoms. The van der Waals surface area contributed by atoms with Crippen LogP contribution in [0.5, 0.6) is 0 Å². The minimum Gasteiger partial charge on any atom is -0.262 e. The Morgan fingerprint density at radius 3 is 2.55 bits per heavy atom. The lowest BCUT2D eigenvalue weighted by Gasteiger charge is -2.06. The second kappa shape index (κ2) is 6.63. The lowest BCUT2D eigenvalue weighted by Crippen LogP contribution is -2.12.